The number of carbonyl (C=O) groups excluding carboxylic acids is 2. The molecule has 1 heterocycles. The van der Waals surface area contributed by atoms with E-state index in [1.54, 1.807) is 44.2 Å². The molecule has 0 saturated heterocycles. The highest BCUT2D eigenvalue weighted by molar-refractivity contribution is 7.89. The van der Waals surface area contributed by atoms with Crippen LogP contribution in [-0.2, 0) is 19.6 Å². The average molecular weight is 476 g/mol. The Kier molecular flexibility index (Phi) is 7.60. The number of hydrogen-bond acceptors (Lipinski definition) is 6. The maximum atomic E-state index is 13.3. The molecule has 1 aliphatic rings. The van der Waals surface area contributed by atoms with Gasteiger partial charge in [-0.1, -0.05) is 12.1 Å². The lowest BCUT2D eigenvalue weighted by Gasteiger charge is -2.29. The number of nitrogens with zero attached hydrogens (tertiary/aromatic N) is 2. The maximum absolute atomic E-state index is 13.3. The van der Waals surface area contributed by atoms with Gasteiger partial charge in [0.1, 0.15) is 0 Å². The predicted octanol–water partition coefficient (Wildman–Crippen LogP) is 2.87. The van der Waals surface area contributed by atoms with Crippen LogP contribution in [0.15, 0.2) is 47.4 Å². The van der Waals surface area contributed by atoms with Gasteiger partial charge in [0.25, 0.3) is 0 Å². The van der Waals surface area contributed by atoms with Crippen molar-refractivity contribution in [2.45, 2.75) is 38.1 Å². The molecule has 2 aromatic rings. The minimum Gasteiger partial charge on any atom is -0.490 e. The molecule has 0 radical (unpaired) electrons. The van der Waals surface area contributed by atoms with Crippen LogP contribution in [0.3, 0.4) is 0 Å². The molecule has 0 aliphatic carbocycles. The zero-order valence-electron chi connectivity index (χ0n) is 19.2. The van der Waals surface area contributed by atoms with Gasteiger partial charge in [-0.15, -0.1) is 0 Å². The molecule has 0 spiro atoms. The van der Waals surface area contributed by atoms with Crippen LogP contribution in [0, 0.1) is 0 Å². The predicted molar refractivity (Wildman–Crippen MR) is 125 cm³/mol. The Hall–Kier alpha value is -3.11. The second kappa shape index (κ2) is 10.2. The average Bonchev–Trinajstić information content (AvgIpc) is 2.89. The van der Waals surface area contributed by atoms with Crippen molar-refractivity contribution in [1.82, 2.24) is 4.31 Å². The van der Waals surface area contributed by atoms with Gasteiger partial charge in [-0.2, -0.15) is 4.31 Å². The second-order valence-electron chi connectivity index (χ2n) is 7.62. The van der Waals surface area contributed by atoms with Crippen molar-refractivity contribution in [1.29, 1.82) is 0 Å². The van der Waals surface area contributed by atoms with Crippen LogP contribution >= 0.6 is 0 Å². The summed E-state index contributed by atoms with van der Waals surface area (Å²) in [7, 11) is -2.64. The van der Waals surface area contributed by atoms with Gasteiger partial charge in [0.15, 0.2) is 11.5 Å². The molecule has 10 heteroatoms. The first-order valence-electron chi connectivity index (χ1n) is 10.8. The van der Waals surface area contributed by atoms with Crippen LogP contribution in [0.25, 0.3) is 0 Å². The molecule has 1 atom stereocenters. The van der Waals surface area contributed by atoms with Crippen molar-refractivity contribution in [2.24, 2.45) is 0 Å². The summed E-state index contributed by atoms with van der Waals surface area (Å²) in [5, 5.41) is 2.79. The summed E-state index contributed by atoms with van der Waals surface area (Å²) in [4.78, 5) is 26.9. The van der Waals surface area contributed by atoms with Crippen molar-refractivity contribution >= 4 is 33.2 Å². The van der Waals surface area contributed by atoms with E-state index in [0.29, 0.717) is 36.1 Å². The molecule has 1 N–H and O–H groups in total. The van der Waals surface area contributed by atoms with E-state index in [1.165, 1.54) is 24.1 Å². The summed E-state index contributed by atoms with van der Waals surface area (Å²) in [6.07, 6.45) is 0.105. The molecule has 1 aliphatic heterocycles. The summed E-state index contributed by atoms with van der Waals surface area (Å²) >= 11 is 0. The van der Waals surface area contributed by atoms with Crippen LogP contribution in [0.4, 0.5) is 11.4 Å². The number of anilines is 2. The third kappa shape index (κ3) is 5.28. The minimum atomic E-state index is -3.99. The van der Waals surface area contributed by atoms with Crippen molar-refractivity contribution in [3.05, 3.63) is 42.5 Å². The van der Waals surface area contributed by atoms with Crippen molar-refractivity contribution < 1.29 is 27.5 Å². The molecule has 33 heavy (non-hydrogen) atoms. The number of sulfonamides is 1. The number of benzene rings is 2. The second-order valence-corrected chi connectivity index (χ2v) is 9.66. The normalized spacial score (nSPS) is 16.1. The molecule has 2 aromatic carbocycles. The zero-order valence-corrected chi connectivity index (χ0v) is 20.0. The monoisotopic (exact) mass is 475 g/mol. The van der Waals surface area contributed by atoms with Crippen molar-refractivity contribution in [3.8, 4) is 11.5 Å². The lowest BCUT2D eigenvalue weighted by molar-refractivity contribution is -0.119. The summed E-state index contributed by atoms with van der Waals surface area (Å²) in [6.45, 7) is 5.73. The SMILES string of the molecule is CCOc1ccc(S(=O)(=O)N(C)CC(=O)N2c3ccccc3NC(=O)CC2C)cc1OCC. The molecule has 0 saturated carbocycles. The standard InChI is InChI=1S/C23H29N3O6S/c1-5-31-20-12-11-17(14-21(20)32-6-2)33(29,30)25(4)15-23(28)26-16(3)13-22(27)24-18-9-7-8-10-19(18)26/h7-12,14,16H,5-6,13,15H2,1-4H3,(H,24,27). The van der Waals surface area contributed by atoms with Crippen LogP contribution < -0.4 is 19.7 Å². The third-order valence-corrected chi connectivity index (χ3v) is 7.01. The highest BCUT2D eigenvalue weighted by atomic mass is 32.2. The van der Waals surface area contributed by atoms with Gasteiger partial charge in [-0.3, -0.25) is 9.59 Å². The highest BCUT2D eigenvalue weighted by Gasteiger charge is 2.32. The molecule has 1 unspecified atom stereocenters. The van der Waals surface area contributed by atoms with E-state index >= 15 is 0 Å². The Balaban J connectivity index is 1.87. The summed E-state index contributed by atoms with van der Waals surface area (Å²) in [6, 6.07) is 10.9. The Morgan fingerprint density at radius 1 is 1.12 bits per heavy atom. The van der Waals surface area contributed by atoms with E-state index in [4.69, 9.17) is 9.47 Å². The minimum absolute atomic E-state index is 0.00846. The largest absolute Gasteiger partial charge is 0.490 e. The van der Waals surface area contributed by atoms with E-state index in [1.807, 2.05) is 6.92 Å². The molecule has 9 nitrogen and oxygen atoms in total. The Morgan fingerprint density at radius 2 is 1.79 bits per heavy atom. The number of rotatable bonds is 8. The van der Waals surface area contributed by atoms with Gasteiger partial charge in [-0.25, -0.2) is 8.42 Å². The number of amides is 2. The fraction of sp³-hybridized carbons (Fsp3) is 0.391. The first kappa shape index (κ1) is 24.5. The quantitative estimate of drug-likeness (QED) is 0.630. The Bertz CT molecular complexity index is 1130. The number of fused-ring (bicyclic) bond motifs is 1. The fourth-order valence-corrected chi connectivity index (χ4v) is 4.83. The first-order chi connectivity index (χ1) is 15.7. The lowest BCUT2D eigenvalue weighted by Crippen LogP contribution is -2.45. The summed E-state index contributed by atoms with van der Waals surface area (Å²) in [5.74, 6) is 0.126. The molecule has 0 aromatic heterocycles. The number of carbonyl (C=O) groups is 2. The topological polar surface area (TPSA) is 105 Å². The molecule has 0 bridgehead atoms. The van der Waals surface area contributed by atoms with Gasteiger partial charge in [0.05, 0.1) is 36.0 Å². The summed E-state index contributed by atoms with van der Waals surface area (Å²) in [5.41, 5.74) is 1.05. The maximum Gasteiger partial charge on any atom is 0.243 e. The fourth-order valence-electron chi connectivity index (χ4n) is 3.69. The smallest absolute Gasteiger partial charge is 0.243 e. The molecule has 3 rings (SSSR count). The third-order valence-electron chi connectivity index (χ3n) is 5.21. The number of likely N-dealkylation sites (N-methyl/N-ethyl adjacent to an activating group) is 1. The molecule has 178 valence electrons. The van der Waals surface area contributed by atoms with Crippen LogP contribution in [0.5, 0.6) is 11.5 Å². The summed E-state index contributed by atoms with van der Waals surface area (Å²) < 4.78 is 38.5. The number of hydrogen-bond donors (Lipinski definition) is 1. The van der Waals surface area contributed by atoms with Gasteiger partial charge in [0, 0.05) is 25.6 Å². The molecular weight excluding hydrogens is 446 g/mol. The van der Waals surface area contributed by atoms with Crippen LogP contribution in [0.2, 0.25) is 0 Å². The first-order valence-corrected chi connectivity index (χ1v) is 12.2. The van der Waals surface area contributed by atoms with E-state index in [2.05, 4.69) is 5.32 Å². The molecule has 2 amide bonds. The Morgan fingerprint density at radius 3 is 2.48 bits per heavy atom. The number of para-hydroxylation sites is 2. The Labute approximate surface area is 194 Å². The van der Waals surface area contributed by atoms with Crippen LogP contribution in [0.1, 0.15) is 27.2 Å². The van der Waals surface area contributed by atoms with Crippen molar-refractivity contribution in [2.75, 3.05) is 37.0 Å². The van der Waals surface area contributed by atoms with Gasteiger partial charge in [0.2, 0.25) is 21.8 Å². The van der Waals surface area contributed by atoms with Crippen molar-refractivity contribution in [3.63, 3.8) is 0 Å². The van der Waals surface area contributed by atoms with E-state index in [-0.39, 0.29) is 17.2 Å². The van der Waals surface area contributed by atoms with E-state index in [0.717, 1.165) is 4.31 Å². The van der Waals surface area contributed by atoms with Gasteiger partial charge in [-0.05, 0) is 45.0 Å². The highest BCUT2D eigenvalue weighted by Crippen LogP contribution is 2.33. The van der Waals surface area contributed by atoms with E-state index in [9.17, 15) is 18.0 Å². The molecule has 0 fully saturated rings. The lowest BCUT2D eigenvalue weighted by atomic mass is 10.1. The van der Waals surface area contributed by atoms with Crippen LogP contribution in [-0.4, -0.2) is 57.4 Å². The molecular formula is C23H29N3O6S. The van der Waals surface area contributed by atoms with Gasteiger partial charge >= 0.3 is 0 Å². The number of ether oxygens (including phenoxy) is 2. The number of nitrogens with one attached hydrogen (secondary N) is 1. The zero-order chi connectivity index (χ0) is 24.2. The van der Waals surface area contributed by atoms with E-state index < -0.39 is 28.5 Å². The van der Waals surface area contributed by atoms with Gasteiger partial charge < -0.3 is 19.7 Å².